The molecule has 200 valence electrons. The number of nitrogens with zero attached hydrogens (tertiary/aromatic N) is 6. The van der Waals surface area contributed by atoms with Gasteiger partial charge in [0.2, 0.25) is 0 Å². The predicted octanol–water partition coefficient (Wildman–Crippen LogP) is 4.94. The number of carboxylic acids is 1. The topological polar surface area (TPSA) is 86.8 Å². The Bertz CT molecular complexity index is 1530. The fourth-order valence-electron chi connectivity index (χ4n) is 5.53. The number of aliphatic imine (C=N–C) groups is 1. The van der Waals surface area contributed by atoms with Crippen molar-refractivity contribution in [1.29, 1.82) is 0 Å². The van der Waals surface area contributed by atoms with Crippen LogP contribution in [0, 0.1) is 20.8 Å². The van der Waals surface area contributed by atoms with Gasteiger partial charge in [-0.2, -0.15) is 0 Å². The van der Waals surface area contributed by atoms with Gasteiger partial charge in [-0.05, 0) is 44.0 Å². The van der Waals surface area contributed by atoms with E-state index in [1.165, 1.54) is 16.1 Å². The fourth-order valence-corrected chi connectivity index (χ4v) is 6.74. The zero-order chi connectivity index (χ0) is 27.1. The molecular weight excluding hydrogens is 508 g/mol. The first-order valence-corrected chi connectivity index (χ1v) is 14.1. The quantitative estimate of drug-likeness (QED) is 0.373. The molecule has 39 heavy (non-hydrogen) atoms. The number of fused-ring (bicyclic) bond motifs is 3. The van der Waals surface area contributed by atoms with Crippen molar-refractivity contribution < 1.29 is 9.90 Å². The number of anilines is 1. The molecule has 2 aliphatic rings. The van der Waals surface area contributed by atoms with Crippen LogP contribution in [0.4, 0.5) is 5.69 Å². The molecule has 2 aromatic heterocycles. The van der Waals surface area contributed by atoms with Gasteiger partial charge in [-0.25, -0.2) is 0 Å². The summed E-state index contributed by atoms with van der Waals surface area (Å²) in [6, 6.07) is 18.6. The van der Waals surface area contributed by atoms with Gasteiger partial charge in [0.05, 0.1) is 12.1 Å². The number of benzene rings is 2. The van der Waals surface area contributed by atoms with E-state index in [1.807, 2.05) is 11.5 Å². The van der Waals surface area contributed by atoms with Crippen LogP contribution in [0.25, 0.3) is 5.00 Å². The van der Waals surface area contributed by atoms with Crippen molar-refractivity contribution in [2.45, 2.75) is 39.8 Å². The number of piperazine rings is 1. The van der Waals surface area contributed by atoms with E-state index >= 15 is 0 Å². The third-order valence-corrected chi connectivity index (χ3v) is 8.93. The highest BCUT2D eigenvalue weighted by molar-refractivity contribution is 7.15. The summed E-state index contributed by atoms with van der Waals surface area (Å²) in [4.78, 5) is 23.0. The Kier molecular flexibility index (Phi) is 6.78. The fraction of sp³-hybridized carbons (Fsp3) is 0.333. The van der Waals surface area contributed by atoms with Crippen LogP contribution < -0.4 is 4.90 Å². The monoisotopic (exact) mass is 540 g/mol. The number of carboxylic acid groups (broad SMARTS) is 1. The Labute approximate surface area is 232 Å². The summed E-state index contributed by atoms with van der Waals surface area (Å²) in [5.41, 5.74) is 6.55. The van der Waals surface area contributed by atoms with Crippen LogP contribution in [0.1, 0.15) is 51.2 Å². The van der Waals surface area contributed by atoms with E-state index in [4.69, 9.17) is 4.99 Å². The summed E-state index contributed by atoms with van der Waals surface area (Å²) >= 11 is 1.68. The lowest BCUT2D eigenvalue weighted by Gasteiger charge is -2.36. The summed E-state index contributed by atoms with van der Waals surface area (Å²) in [6.07, 6.45) is -0.139. The first-order valence-electron chi connectivity index (χ1n) is 13.3. The summed E-state index contributed by atoms with van der Waals surface area (Å²) in [5.74, 6) is 0.411. The summed E-state index contributed by atoms with van der Waals surface area (Å²) in [7, 11) is 0. The van der Waals surface area contributed by atoms with Crippen LogP contribution in [0.5, 0.6) is 0 Å². The predicted molar refractivity (Wildman–Crippen MR) is 154 cm³/mol. The number of thiophene rings is 1. The maximum Gasteiger partial charge on any atom is 0.306 e. The van der Waals surface area contributed by atoms with Crippen LogP contribution in [0.15, 0.2) is 59.6 Å². The van der Waals surface area contributed by atoms with E-state index in [2.05, 4.69) is 88.4 Å². The first kappa shape index (κ1) is 25.5. The van der Waals surface area contributed by atoms with Crippen molar-refractivity contribution in [2.75, 3.05) is 31.1 Å². The first-order chi connectivity index (χ1) is 18.9. The van der Waals surface area contributed by atoms with Crippen LogP contribution in [0.3, 0.4) is 0 Å². The summed E-state index contributed by atoms with van der Waals surface area (Å²) < 4.78 is 1.99. The van der Waals surface area contributed by atoms with Gasteiger partial charge < -0.3 is 10.0 Å². The second-order valence-corrected chi connectivity index (χ2v) is 11.5. The maximum absolute atomic E-state index is 11.8. The molecule has 9 heteroatoms. The van der Waals surface area contributed by atoms with Gasteiger partial charge in [0, 0.05) is 54.4 Å². The van der Waals surface area contributed by atoms with Crippen molar-refractivity contribution in [1.82, 2.24) is 19.7 Å². The Morgan fingerprint density at radius 1 is 0.974 bits per heavy atom. The molecule has 0 amide bonds. The smallest absolute Gasteiger partial charge is 0.306 e. The molecule has 4 heterocycles. The van der Waals surface area contributed by atoms with Gasteiger partial charge in [0.25, 0.3) is 0 Å². The summed E-state index contributed by atoms with van der Waals surface area (Å²) in [6.45, 7) is 11.1. The van der Waals surface area contributed by atoms with E-state index in [1.54, 1.807) is 11.3 Å². The van der Waals surface area contributed by atoms with Crippen molar-refractivity contribution >= 4 is 28.7 Å². The number of carbonyl (C=O) groups is 1. The number of aliphatic carboxylic acids is 1. The lowest BCUT2D eigenvalue weighted by atomic mass is 9.99. The molecule has 0 bridgehead atoms. The molecule has 1 saturated heterocycles. The van der Waals surface area contributed by atoms with Gasteiger partial charge in [-0.3, -0.25) is 19.3 Å². The van der Waals surface area contributed by atoms with Crippen LogP contribution in [0.2, 0.25) is 0 Å². The Balaban J connectivity index is 1.28. The SMILES string of the molecule is Cc1sc2c(c1C)C(c1ccc(N3CCN(Cc4ccccc4)CC3)cc1)=N[C@@H](CC(=O)O)c1nnc(C)n1-2. The summed E-state index contributed by atoms with van der Waals surface area (Å²) in [5, 5.41) is 19.3. The lowest BCUT2D eigenvalue weighted by molar-refractivity contribution is -0.137. The molecule has 1 N–H and O–H groups in total. The van der Waals surface area contributed by atoms with Crippen LogP contribution in [-0.4, -0.2) is 62.6 Å². The molecule has 1 atom stereocenters. The molecule has 1 fully saturated rings. The zero-order valence-corrected chi connectivity index (χ0v) is 23.3. The minimum atomic E-state index is -0.907. The van der Waals surface area contributed by atoms with E-state index in [9.17, 15) is 9.90 Å². The minimum absolute atomic E-state index is 0.139. The van der Waals surface area contributed by atoms with Gasteiger partial charge >= 0.3 is 5.97 Å². The second-order valence-electron chi connectivity index (χ2n) is 10.3. The lowest BCUT2D eigenvalue weighted by Crippen LogP contribution is -2.45. The normalized spacial score (nSPS) is 17.4. The molecule has 0 radical (unpaired) electrons. The molecule has 4 aromatic rings. The molecule has 8 nitrogen and oxygen atoms in total. The Hall–Kier alpha value is -3.82. The average molecular weight is 541 g/mol. The Morgan fingerprint density at radius 3 is 2.38 bits per heavy atom. The van der Waals surface area contributed by atoms with E-state index in [-0.39, 0.29) is 6.42 Å². The van der Waals surface area contributed by atoms with E-state index in [0.29, 0.717) is 5.82 Å². The van der Waals surface area contributed by atoms with Gasteiger partial charge in [0.1, 0.15) is 16.9 Å². The van der Waals surface area contributed by atoms with Crippen LogP contribution in [-0.2, 0) is 11.3 Å². The number of aromatic nitrogens is 3. The molecular formula is C30H32N6O2S. The zero-order valence-electron chi connectivity index (χ0n) is 22.5. The van der Waals surface area contributed by atoms with E-state index < -0.39 is 12.0 Å². The van der Waals surface area contributed by atoms with E-state index in [0.717, 1.165) is 66.0 Å². The van der Waals surface area contributed by atoms with Crippen molar-refractivity contribution in [2.24, 2.45) is 4.99 Å². The highest BCUT2D eigenvalue weighted by Gasteiger charge is 2.32. The molecule has 0 aliphatic carbocycles. The maximum atomic E-state index is 11.8. The average Bonchev–Trinajstić information content (AvgIpc) is 3.41. The highest BCUT2D eigenvalue weighted by atomic mass is 32.1. The number of hydrogen-bond donors (Lipinski definition) is 1. The van der Waals surface area contributed by atoms with Gasteiger partial charge in [0.15, 0.2) is 5.82 Å². The number of aryl methyl sites for hydroxylation is 2. The molecule has 2 aromatic carbocycles. The van der Waals surface area contributed by atoms with Gasteiger partial charge in [-0.15, -0.1) is 21.5 Å². The second kappa shape index (κ2) is 10.4. The largest absolute Gasteiger partial charge is 0.481 e. The van der Waals surface area contributed by atoms with Crippen molar-refractivity contribution in [3.8, 4) is 5.00 Å². The third-order valence-electron chi connectivity index (χ3n) is 7.73. The number of rotatable bonds is 6. The number of hydrogen-bond acceptors (Lipinski definition) is 7. The minimum Gasteiger partial charge on any atom is -0.481 e. The van der Waals surface area contributed by atoms with Gasteiger partial charge in [-0.1, -0.05) is 42.5 Å². The highest BCUT2D eigenvalue weighted by Crippen LogP contribution is 2.39. The van der Waals surface area contributed by atoms with Crippen molar-refractivity contribution in [3.63, 3.8) is 0 Å². The van der Waals surface area contributed by atoms with Crippen LogP contribution >= 0.6 is 11.3 Å². The molecule has 0 unspecified atom stereocenters. The Morgan fingerprint density at radius 2 is 1.69 bits per heavy atom. The molecule has 2 aliphatic heterocycles. The standard InChI is InChI=1S/C30H32N6O2S/c1-19-20(2)39-30-27(19)28(31-25(17-26(37)38)29-33-32-21(3)36(29)30)23-9-11-24(12-10-23)35-15-13-34(14-16-35)18-22-7-5-4-6-8-22/h4-12,25H,13-18H2,1-3H3,(H,37,38)/t25-/m0/s1. The molecule has 0 saturated carbocycles. The molecule has 0 spiro atoms. The molecule has 6 rings (SSSR count). The van der Waals surface area contributed by atoms with Crippen molar-refractivity contribution in [3.05, 3.63) is 93.4 Å². The third kappa shape index (κ3) is 4.88.